The van der Waals surface area contributed by atoms with E-state index in [2.05, 4.69) is 4.74 Å². The summed E-state index contributed by atoms with van der Waals surface area (Å²) >= 11 is 0. The van der Waals surface area contributed by atoms with Crippen LogP contribution in [0.5, 0.6) is 0 Å². The molecule has 0 radical (unpaired) electrons. The second-order valence-corrected chi connectivity index (χ2v) is 3.06. The van der Waals surface area contributed by atoms with Gasteiger partial charge in [-0.2, -0.15) is 0 Å². The van der Waals surface area contributed by atoms with Crippen molar-refractivity contribution in [3.8, 4) is 0 Å². The predicted molar refractivity (Wildman–Crippen MR) is 52.8 cm³/mol. The summed E-state index contributed by atoms with van der Waals surface area (Å²) in [6.07, 6.45) is 0.0635. The third-order valence-electron chi connectivity index (χ3n) is 2.02. The topological polar surface area (TPSA) is 46.5 Å². The molecule has 0 aromatic heterocycles. The van der Waals surface area contributed by atoms with E-state index in [1.807, 2.05) is 30.3 Å². The number of aliphatic hydroxyl groups is 1. The Morgan fingerprint density at radius 2 is 2.07 bits per heavy atom. The molecule has 0 aliphatic carbocycles. The highest BCUT2D eigenvalue weighted by Crippen LogP contribution is 2.05. The zero-order valence-corrected chi connectivity index (χ0v) is 8.14. The first-order chi connectivity index (χ1) is 6.74. The quantitative estimate of drug-likeness (QED) is 0.731. The molecule has 0 saturated carbocycles. The Morgan fingerprint density at radius 1 is 1.43 bits per heavy atom. The summed E-state index contributed by atoms with van der Waals surface area (Å²) in [5.41, 5.74) is 1.11. The number of hydrogen-bond donors (Lipinski definition) is 1. The standard InChI is InChI=1S/C11H14O3/c1-14-11(13)10(12)8-7-9-5-3-2-4-6-9/h2-6,10,12H,7-8H2,1H3/t10-/m1/s1. The molecule has 1 aromatic rings. The average Bonchev–Trinajstić information content (AvgIpc) is 2.26. The van der Waals surface area contributed by atoms with E-state index in [-0.39, 0.29) is 0 Å². The Balaban J connectivity index is 2.38. The van der Waals surface area contributed by atoms with Crippen molar-refractivity contribution in [1.29, 1.82) is 0 Å². The molecule has 0 bridgehead atoms. The maximum absolute atomic E-state index is 10.9. The molecule has 1 aromatic carbocycles. The number of carbonyl (C=O) groups is 1. The SMILES string of the molecule is COC(=O)[C@H](O)CCc1ccccc1. The molecule has 0 saturated heterocycles. The Labute approximate surface area is 83.3 Å². The molecule has 3 heteroatoms. The van der Waals surface area contributed by atoms with Gasteiger partial charge in [0.05, 0.1) is 7.11 Å². The van der Waals surface area contributed by atoms with Gasteiger partial charge in [-0.05, 0) is 18.4 Å². The molecule has 0 heterocycles. The van der Waals surface area contributed by atoms with Crippen molar-refractivity contribution in [2.24, 2.45) is 0 Å². The van der Waals surface area contributed by atoms with Gasteiger partial charge in [0, 0.05) is 0 Å². The highest BCUT2D eigenvalue weighted by atomic mass is 16.5. The second kappa shape index (κ2) is 5.40. The molecule has 1 rings (SSSR count). The molecule has 1 N–H and O–H groups in total. The van der Waals surface area contributed by atoms with Gasteiger partial charge in [-0.15, -0.1) is 0 Å². The fourth-order valence-corrected chi connectivity index (χ4v) is 1.20. The van der Waals surface area contributed by atoms with Crippen molar-refractivity contribution < 1.29 is 14.6 Å². The normalized spacial score (nSPS) is 12.1. The van der Waals surface area contributed by atoms with Crippen LogP contribution in [0.25, 0.3) is 0 Å². The van der Waals surface area contributed by atoms with Crippen LogP contribution in [-0.2, 0) is 16.0 Å². The summed E-state index contributed by atoms with van der Waals surface area (Å²) in [5.74, 6) is -0.569. The summed E-state index contributed by atoms with van der Waals surface area (Å²) in [7, 11) is 1.27. The lowest BCUT2D eigenvalue weighted by molar-refractivity contribution is -0.150. The van der Waals surface area contributed by atoms with Crippen LogP contribution in [0.15, 0.2) is 30.3 Å². The first kappa shape index (κ1) is 10.7. The summed E-state index contributed by atoms with van der Waals surface area (Å²) < 4.78 is 4.41. The summed E-state index contributed by atoms with van der Waals surface area (Å²) in [6.45, 7) is 0. The monoisotopic (exact) mass is 194 g/mol. The van der Waals surface area contributed by atoms with Gasteiger partial charge in [0.2, 0.25) is 0 Å². The van der Waals surface area contributed by atoms with Crippen LogP contribution in [0.3, 0.4) is 0 Å². The van der Waals surface area contributed by atoms with Crippen LogP contribution in [0.2, 0.25) is 0 Å². The average molecular weight is 194 g/mol. The van der Waals surface area contributed by atoms with E-state index in [9.17, 15) is 9.90 Å². The van der Waals surface area contributed by atoms with Gasteiger partial charge in [0.25, 0.3) is 0 Å². The minimum absolute atomic E-state index is 0.399. The molecule has 0 aliphatic rings. The number of rotatable bonds is 4. The van der Waals surface area contributed by atoms with Crippen LogP contribution >= 0.6 is 0 Å². The van der Waals surface area contributed by atoms with Gasteiger partial charge in [-0.1, -0.05) is 30.3 Å². The highest BCUT2D eigenvalue weighted by Gasteiger charge is 2.14. The van der Waals surface area contributed by atoms with Crippen LogP contribution < -0.4 is 0 Å². The Kier molecular flexibility index (Phi) is 4.13. The number of esters is 1. The largest absolute Gasteiger partial charge is 0.467 e. The minimum Gasteiger partial charge on any atom is -0.467 e. The van der Waals surface area contributed by atoms with Crippen molar-refractivity contribution in [1.82, 2.24) is 0 Å². The van der Waals surface area contributed by atoms with Crippen molar-refractivity contribution in [2.75, 3.05) is 7.11 Å². The van der Waals surface area contributed by atoms with E-state index in [1.165, 1.54) is 7.11 Å². The Bertz CT molecular complexity index is 282. The third kappa shape index (κ3) is 3.18. The number of benzene rings is 1. The zero-order valence-electron chi connectivity index (χ0n) is 8.14. The van der Waals surface area contributed by atoms with Crippen molar-refractivity contribution >= 4 is 5.97 Å². The van der Waals surface area contributed by atoms with Crippen molar-refractivity contribution in [3.63, 3.8) is 0 Å². The smallest absolute Gasteiger partial charge is 0.334 e. The van der Waals surface area contributed by atoms with E-state index < -0.39 is 12.1 Å². The van der Waals surface area contributed by atoms with Gasteiger partial charge in [-0.25, -0.2) is 4.79 Å². The van der Waals surface area contributed by atoms with E-state index in [0.717, 1.165) is 5.56 Å². The molecule has 0 unspecified atom stereocenters. The highest BCUT2D eigenvalue weighted by molar-refractivity contribution is 5.74. The van der Waals surface area contributed by atoms with Crippen molar-refractivity contribution in [3.05, 3.63) is 35.9 Å². The third-order valence-corrected chi connectivity index (χ3v) is 2.02. The van der Waals surface area contributed by atoms with Gasteiger partial charge < -0.3 is 9.84 Å². The fraction of sp³-hybridized carbons (Fsp3) is 0.364. The number of aryl methyl sites for hydroxylation is 1. The Morgan fingerprint density at radius 3 is 2.64 bits per heavy atom. The molecule has 0 fully saturated rings. The summed E-state index contributed by atoms with van der Waals surface area (Å²) in [5, 5.41) is 9.30. The zero-order chi connectivity index (χ0) is 10.4. The molecule has 76 valence electrons. The van der Waals surface area contributed by atoms with E-state index >= 15 is 0 Å². The van der Waals surface area contributed by atoms with E-state index in [0.29, 0.717) is 12.8 Å². The second-order valence-electron chi connectivity index (χ2n) is 3.06. The predicted octanol–water partition coefficient (Wildman–Crippen LogP) is 1.15. The number of aliphatic hydroxyl groups excluding tert-OH is 1. The molecule has 1 atom stereocenters. The lowest BCUT2D eigenvalue weighted by Crippen LogP contribution is -2.22. The number of carbonyl (C=O) groups excluding carboxylic acids is 1. The maximum atomic E-state index is 10.9. The molecule has 0 aliphatic heterocycles. The Hall–Kier alpha value is -1.35. The fourth-order valence-electron chi connectivity index (χ4n) is 1.20. The summed E-state index contributed by atoms with van der Waals surface area (Å²) in [6, 6.07) is 9.72. The van der Waals surface area contributed by atoms with Crippen LogP contribution in [0.1, 0.15) is 12.0 Å². The number of hydrogen-bond acceptors (Lipinski definition) is 3. The van der Waals surface area contributed by atoms with Crippen LogP contribution in [-0.4, -0.2) is 24.3 Å². The minimum atomic E-state index is -1.01. The molecular weight excluding hydrogens is 180 g/mol. The lowest BCUT2D eigenvalue weighted by atomic mass is 10.1. The summed E-state index contributed by atoms with van der Waals surface area (Å²) in [4.78, 5) is 10.9. The van der Waals surface area contributed by atoms with Gasteiger partial charge >= 0.3 is 5.97 Å². The number of methoxy groups -OCH3 is 1. The number of ether oxygens (including phenoxy) is 1. The lowest BCUT2D eigenvalue weighted by Gasteiger charge is -2.07. The molecular formula is C11H14O3. The van der Waals surface area contributed by atoms with Gasteiger partial charge in [0.1, 0.15) is 0 Å². The first-order valence-corrected chi connectivity index (χ1v) is 4.54. The molecule has 14 heavy (non-hydrogen) atoms. The van der Waals surface area contributed by atoms with Gasteiger partial charge in [-0.3, -0.25) is 0 Å². The van der Waals surface area contributed by atoms with Crippen LogP contribution in [0, 0.1) is 0 Å². The van der Waals surface area contributed by atoms with Gasteiger partial charge in [0.15, 0.2) is 6.10 Å². The van der Waals surface area contributed by atoms with Crippen LogP contribution in [0.4, 0.5) is 0 Å². The van der Waals surface area contributed by atoms with Crippen molar-refractivity contribution in [2.45, 2.75) is 18.9 Å². The molecule has 0 spiro atoms. The van der Waals surface area contributed by atoms with E-state index in [1.54, 1.807) is 0 Å². The molecule has 0 amide bonds. The first-order valence-electron chi connectivity index (χ1n) is 4.54. The molecule has 3 nitrogen and oxygen atoms in total. The van der Waals surface area contributed by atoms with E-state index in [4.69, 9.17) is 0 Å². The maximum Gasteiger partial charge on any atom is 0.334 e.